The van der Waals surface area contributed by atoms with Gasteiger partial charge >= 0.3 is 11.9 Å². The standard InChI is InChI=1S/C18H26N4O4S.C2H2O4/c19-13-16-3-1-2-4-18(16)27(24,25)22-7-5-20(6-8-22)14-17(23)15-21-9-11-26-12-10-21;3-1(4)2(5)6/h1-4,17,23H,5-12,14-15H2;(H,3,4)(H,5,6). The number of morpholine rings is 1. The Bertz CT molecular complexity index is 939. The van der Waals surface area contributed by atoms with Gasteiger partial charge in [-0.25, -0.2) is 18.0 Å². The van der Waals surface area contributed by atoms with E-state index in [0.717, 1.165) is 13.1 Å². The smallest absolute Gasteiger partial charge is 0.414 e. The minimum Gasteiger partial charge on any atom is -0.473 e. The SMILES string of the molecule is N#Cc1ccccc1S(=O)(=O)N1CCN(CC(O)CN2CCOCC2)CC1.O=C(O)C(=O)O. The van der Waals surface area contributed by atoms with Crippen molar-refractivity contribution in [2.45, 2.75) is 11.0 Å². The van der Waals surface area contributed by atoms with Gasteiger partial charge < -0.3 is 20.1 Å². The summed E-state index contributed by atoms with van der Waals surface area (Å²) >= 11 is 0. The van der Waals surface area contributed by atoms with Crippen molar-refractivity contribution in [1.29, 1.82) is 5.26 Å². The van der Waals surface area contributed by atoms with E-state index in [4.69, 9.17) is 24.5 Å². The lowest BCUT2D eigenvalue weighted by atomic mass is 10.2. The molecule has 2 saturated heterocycles. The lowest BCUT2D eigenvalue weighted by Crippen LogP contribution is -2.52. The van der Waals surface area contributed by atoms with E-state index >= 15 is 0 Å². The second-order valence-corrected chi connectivity index (χ2v) is 9.40. The zero-order valence-corrected chi connectivity index (χ0v) is 18.9. The highest BCUT2D eigenvalue weighted by atomic mass is 32.2. The van der Waals surface area contributed by atoms with Gasteiger partial charge in [-0.3, -0.25) is 9.80 Å². The van der Waals surface area contributed by atoms with Crippen LogP contribution in [0.1, 0.15) is 5.56 Å². The minimum absolute atomic E-state index is 0.0632. The first-order valence-electron chi connectivity index (χ1n) is 10.3. The van der Waals surface area contributed by atoms with E-state index in [-0.39, 0.29) is 10.5 Å². The highest BCUT2D eigenvalue weighted by Gasteiger charge is 2.30. The van der Waals surface area contributed by atoms with Crippen LogP contribution in [0.5, 0.6) is 0 Å². The molecule has 0 bridgehead atoms. The predicted octanol–water partition coefficient (Wildman–Crippen LogP) is -1.29. The third kappa shape index (κ3) is 8.04. The summed E-state index contributed by atoms with van der Waals surface area (Å²) in [6, 6.07) is 8.24. The molecule has 1 atom stereocenters. The van der Waals surface area contributed by atoms with Crippen LogP contribution in [0.15, 0.2) is 29.2 Å². The van der Waals surface area contributed by atoms with Crippen molar-refractivity contribution in [3.63, 3.8) is 0 Å². The summed E-state index contributed by atoms with van der Waals surface area (Å²) in [5, 5.41) is 34.3. The monoisotopic (exact) mass is 484 g/mol. The number of aliphatic carboxylic acids is 2. The zero-order chi connectivity index (χ0) is 24.4. The second kappa shape index (κ2) is 12.6. The van der Waals surface area contributed by atoms with Crippen LogP contribution in [-0.2, 0) is 24.3 Å². The van der Waals surface area contributed by atoms with Gasteiger partial charge in [-0.15, -0.1) is 0 Å². The molecule has 12 nitrogen and oxygen atoms in total. The average Bonchev–Trinajstić information content (AvgIpc) is 2.80. The van der Waals surface area contributed by atoms with E-state index in [9.17, 15) is 18.8 Å². The Morgan fingerprint density at radius 2 is 1.48 bits per heavy atom. The van der Waals surface area contributed by atoms with Gasteiger partial charge in [0.05, 0.1) is 29.8 Å². The summed E-state index contributed by atoms with van der Waals surface area (Å²) in [6.07, 6.45) is -0.467. The Morgan fingerprint density at radius 3 is 2.00 bits per heavy atom. The number of aliphatic hydroxyl groups is 1. The number of β-amino-alcohol motifs (C(OH)–C–C–N with tert-alkyl or cyclic N) is 1. The predicted molar refractivity (Wildman–Crippen MR) is 115 cm³/mol. The highest BCUT2D eigenvalue weighted by Crippen LogP contribution is 2.21. The van der Waals surface area contributed by atoms with Crippen molar-refractivity contribution in [1.82, 2.24) is 14.1 Å². The van der Waals surface area contributed by atoms with Gasteiger partial charge in [-0.2, -0.15) is 9.57 Å². The van der Waals surface area contributed by atoms with Crippen LogP contribution < -0.4 is 0 Å². The third-order valence-electron chi connectivity index (χ3n) is 5.18. The molecule has 2 aliphatic rings. The topological polar surface area (TPSA) is 172 Å². The van der Waals surface area contributed by atoms with E-state index in [1.54, 1.807) is 12.1 Å². The quantitative estimate of drug-likeness (QED) is 0.410. The average molecular weight is 485 g/mol. The van der Waals surface area contributed by atoms with Crippen LogP contribution >= 0.6 is 0 Å². The maximum atomic E-state index is 12.8. The first kappa shape index (κ1) is 26.7. The van der Waals surface area contributed by atoms with Crippen molar-refractivity contribution in [2.75, 3.05) is 65.6 Å². The minimum atomic E-state index is -3.68. The first-order valence-corrected chi connectivity index (χ1v) is 11.7. The molecule has 0 radical (unpaired) electrons. The van der Waals surface area contributed by atoms with Crippen LogP contribution in [-0.4, -0.2) is 121 Å². The molecule has 182 valence electrons. The normalized spacial score (nSPS) is 19.0. The van der Waals surface area contributed by atoms with Crippen molar-refractivity contribution >= 4 is 22.0 Å². The largest absolute Gasteiger partial charge is 0.473 e. The number of hydrogen-bond acceptors (Lipinski definition) is 9. The van der Waals surface area contributed by atoms with Crippen LogP contribution in [0.4, 0.5) is 0 Å². The van der Waals surface area contributed by atoms with E-state index in [2.05, 4.69) is 9.80 Å². The van der Waals surface area contributed by atoms with Gasteiger partial charge in [0, 0.05) is 52.4 Å². The molecule has 2 fully saturated rings. The second-order valence-electron chi connectivity index (χ2n) is 7.49. The molecule has 1 unspecified atom stereocenters. The van der Waals surface area contributed by atoms with Gasteiger partial charge in [0.15, 0.2) is 0 Å². The number of nitrogens with zero attached hydrogens (tertiary/aromatic N) is 4. The molecule has 1 aromatic rings. The number of hydrogen-bond donors (Lipinski definition) is 3. The molecule has 2 heterocycles. The molecule has 0 amide bonds. The van der Waals surface area contributed by atoms with E-state index in [0.29, 0.717) is 52.5 Å². The number of carbonyl (C=O) groups is 2. The lowest BCUT2D eigenvalue weighted by molar-refractivity contribution is -0.159. The Hall–Kier alpha value is -2.60. The molecule has 0 aromatic heterocycles. The Balaban J connectivity index is 0.000000569. The van der Waals surface area contributed by atoms with E-state index < -0.39 is 28.1 Å². The van der Waals surface area contributed by atoms with Gasteiger partial charge in [0.25, 0.3) is 0 Å². The summed E-state index contributed by atoms with van der Waals surface area (Å²) in [5.41, 5.74) is 0.167. The van der Waals surface area contributed by atoms with E-state index in [1.807, 2.05) is 6.07 Å². The molecule has 1 aromatic carbocycles. The van der Waals surface area contributed by atoms with Crippen molar-refractivity contribution in [3.05, 3.63) is 29.8 Å². The van der Waals surface area contributed by atoms with Crippen LogP contribution in [0, 0.1) is 11.3 Å². The van der Waals surface area contributed by atoms with Crippen molar-refractivity contribution in [2.24, 2.45) is 0 Å². The van der Waals surface area contributed by atoms with Crippen molar-refractivity contribution < 1.29 is 38.1 Å². The molecule has 3 N–H and O–H groups in total. The number of carboxylic acid groups (broad SMARTS) is 2. The zero-order valence-electron chi connectivity index (χ0n) is 18.0. The highest BCUT2D eigenvalue weighted by molar-refractivity contribution is 7.89. The molecule has 0 saturated carbocycles. The molecule has 0 spiro atoms. The first-order chi connectivity index (χ1) is 15.6. The Kier molecular flexibility index (Phi) is 10.2. The number of rotatable bonds is 6. The fraction of sp³-hybridized carbons (Fsp3) is 0.550. The fourth-order valence-corrected chi connectivity index (χ4v) is 5.08. The van der Waals surface area contributed by atoms with Gasteiger partial charge in [0.2, 0.25) is 10.0 Å². The number of nitriles is 1. The fourth-order valence-electron chi connectivity index (χ4n) is 3.51. The molecular formula is C20H28N4O8S. The number of carboxylic acids is 2. The molecule has 2 aliphatic heterocycles. The molecule has 33 heavy (non-hydrogen) atoms. The number of sulfonamides is 1. The van der Waals surface area contributed by atoms with Gasteiger partial charge in [0.1, 0.15) is 6.07 Å². The van der Waals surface area contributed by atoms with E-state index in [1.165, 1.54) is 16.4 Å². The molecule has 13 heteroatoms. The summed E-state index contributed by atoms with van der Waals surface area (Å²) in [6.45, 7) is 6.04. The Labute approximate surface area is 192 Å². The maximum absolute atomic E-state index is 12.8. The summed E-state index contributed by atoms with van der Waals surface area (Å²) in [5.74, 6) is -3.65. The van der Waals surface area contributed by atoms with Gasteiger partial charge in [-0.1, -0.05) is 12.1 Å². The number of ether oxygens (including phenoxy) is 1. The molecule has 0 aliphatic carbocycles. The number of piperazine rings is 1. The molecule has 3 rings (SSSR count). The summed E-state index contributed by atoms with van der Waals surface area (Å²) < 4.78 is 32.4. The van der Waals surface area contributed by atoms with Crippen LogP contribution in [0.25, 0.3) is 0 Å². The van der Waals surface area contributed by atoms with Crippen LogP contribution in [0.2, 0.25) is 0 Å². The van der Waals surface area contributed by atoms with Crippen LogP contribution in [0.3, 0.4) is 0 Å². The number of benzene rings is 1. The number of aliphatic hydroxyl groups excluding tert-OH is 1. The summed E-state index contributed by atoms with van der Waals surface area (Å²) in [7, 11) is -3.68. The Morgan fingerprint density at radius 1 is 0.970 bits per heavy atom. The maximum Gasteiger partial charge on any atom is 0.414 e. The molecular weight excluding hydrogens is 456 g/mol. The lowest BCUT2D eigenvalue weighted by Gasteiger charge is -2.36. The van der Waals surface area contributed by atoms with Gasteiger partial charge in [-0.05, 0) is 12.1 Å². The third-order valence-corrected chi connectivity index (χ3v) is 7.14. The summed E-state index contributed by atoms with van der Waals surface area (Å²) in [4.78, 5) is 22.5. The van der Waals surface area contributed by atoms with Crippen molar-refractivity contribution in [3.8, 4) is 6.07 Å².